The highest BCUT2D eigenvalue weighted by Crippen LogP contribution is 2.23. The number of carbonyl (C=O) groups is 2. The van der Waals surface area contributed by atoms with Crippen LogP contribution in [0.3, 0.4) is 0 Å². The largest absolute Gasteiger partial charge is 0.353 e. The van der Waals surface area contributed by atoms with Crippen molar-refractivity contribution in [3.05, 3.63) is 39.4 Å². The molecule has 0 spiro atoms. The van der Waals surface area contributed by atoms with Crippen LogP contribution in [0.1, 0.15) is 10.4 Å². The molecule has 1 aliphatic heterocycles. The van der Waals surface area contributed by atoms with E-state index in [1.807, 2.05) is 0 Å². The van der Waals surface area contributed by atoms with E-state index >= 15 is 0 Å². The second kappa shape index (κ2) is 5.19. The fourth-order valence-corrected chi connectivity index (χ4v) is 1.85. The van der Waals surface area contributed by atoms with E-state index in [-0.39, 0.29) is 19.6 Å². The lowest BCUT2D eigenvalue weighted by Crippen LogP contribution is -2.50. The molecule has 1 saturated heterocycles. The van der Waals surface area contributed by atoms with Gasteiger partial charge in [0.25, 0.3) is 5.91 Å². The highest BCUT2D eigenvalue weighted by Gasteiger charge is 2.29. The summed E-state index contributed by atoms with van der Waals surface area (Å²) >= 11 is 0. The van der Waals surface area contributed by atoms with Crippen LogP contribution < -0.4 is 5.32 Å². The maximum absolute atomic E-state index is 13.8. The van der Waals surface area contributed by atoms with Crippen LogP contribution in [-0.4, -0.2) is 41.3 Å². The van der Waals surface area contributed by atoms with Gasteiger partial charge in [0, 0.05) is 13.1 Å². The number of nitrogens with zero attached hydrogens (tertiary/aromatic N) is 2. The number of halogens is 2. The third kappa shape index (κ3) is 2.56. The van der Waals surface area contributed by atoms with Crippen molar-refractivity contribution in [1.29, 1.82) is 0 Å². The zero-order chi connectivity index (χ0) is 14.9. The van der Waals surface area contributed by atoms with Crippen molar-refractivity contribution in [2.24, 2.45) is 0 Å². The third-order valence-corrected chi connectivity index (χ3v) is 2.77. The van der Waals surface area contributed by atoms with Gasteiger partial charge in [-0.1, -0.05) is 0 Å². The second-order valence-electron chi connectivity index (χ2n) is 4.12. The number of nitro groups is 1. The van der Waals surface area contributed by atoms with E-state index in [9.17, 15) is 28.5 Å². The molecule has 20 heavy (non-hydrogen) atoms. The molecular formula is C11H9F2N3O4. The summed E-state index contributed by atoms with van der Waals surface area (Å²) in [5.74, 6) is -3.90. The highest BCUT2D eigenvalue weighted by atomic mass is 19.1. The van der Waals surface area contributed by atoms with Crippen molar-refractivity contribution < 1.29 is 23.3 Å². The fraction of sp³-hybridized carbons (Fsp3) is 0.273. The van der Waals surface area contributed by atoms with Crippen LogP contribution in [0, 0.1) is 21.7 Å². The first kappa shape index (κ1) is 13.8. The van der Waals surface area contributed by atoms with Crippen molar-refractivity contribution in [3.63, 3.8) is 0 Å². The van der Waals surface area contributed by atoms with Crippen LogP contribution >= 0.6 is 0 Å². The fourth-order valence-electron chi connectivity index (χ4n) is 1.85. The van der Waals surface area contributed by atoms with Gasteiger partial charge in [0.1, 0.15) is 5.82 Å². The van der Waals surface area contributed by atoms with E-state index < -0.39 is 39.6 Å². The summed E-state index contributed by atoms with van der Waals surface area (Å²) in [7, 11) is 0. The summed E-state index contributed by atoms with van der Waals surface area (Å²) in [6, 6.07) is 0.978. The standard InChI is InChI=1S/C11H9F2N3O4/c12-6-3-7(10(13)8(4-6)16(19)20)11(18)15-2-1-14-9(17)5-15/h3-4H,1-2,5H2,(H,14,17). The molecule has 1 fully saturated rings. The molecule has 0 aliphatic carbocycles. The SMILES string of the molecule is O=C1CN(C(=O)c2cc(F)cc([N+](=O)[O-])c2F)CCN1. The number of amides is 2. The molecule has 2 rings (SSSR count). The number of benzene rings is 1. The van der Waals surface area contributed by atoms with Gasteiger partial charge in [-0.25, -0.2) is 4.39 Å². The molecule has 1 aliphatic rings. The van der Waals surface area contributed by atoms with Gasteiger partial charge in [0.2, 0.25) is 11.7 Å². The molecule has 0 unspecified atom stereocenters. The van der Waals surface area contributed by atoms with E-state index in [2.05, 4.69) is 5.32 Å². The van der Waals surface area contributed by atoms with Crippen LogP contribution in [0.15, 0.2) is 12.1 Å². The lowest BCUT2D eigenvalue weighted by Gasteiger charge is -2.26. The Kier molecular flexibility index (Phi) is 3.59. The molecular weight excluding hydrogens is 276 g/mol. The van der Waals surface area contributed by atoms with Gasteiger partial charge in [-0.3, -0.25) is 19.7 Å². The minimum atomic E-state index is -1.41. The Bertz CT molecular complexity index is 606. The summed E-state index contributed by atoms with van der Waals surface area (Å²) in [4.78, 5) is 33.6. The number of carbonyl (C=O) groups excluding carboxylic acids is 2. The lowest BCUT2D eigenvalue weighted by molar-refractivity contribution is -0.387. The normalized spacial score (nSPS) is 14.9. The van der Waals surface area contributed by atoms with Gasteiger partial charge in [0.15, 0.2) is 0 Å². The molecule has 0 saturated carbocycles. The minimum Gasteiger partial charge on any atom is -0.353 e. The zero-order valence-electron chi connectivity index (χ0n) is 10.1. The zero-order valence-corrected chi connectivity index (χ0v) is 10.1. The van der Waals surface area contributed by atoms with Crippen LogP contribution in [0.4, 0.5) is 14.5 Å². The Morgan fingerprint density at radius 3 is 2.70 bits per heavy atom. The molecule has 0 aromatic heterocycles. The van der Waals surface area contributed by atoms with Crippen LogP contribution in [-0.2, 0) is 4.79 Å². The van der Waals surface area contributed by atoms with Gasteiger partial charge in [-0.15, -0.1) is 0 Å². The third-order valence-electron chi connectivity index (χ3n) is 2.77. The van der Waals surface area contributed by atoms with E-state index in [1.165, 1.54) is 0 Å². The monoisotopic (exact) mass is 285 g/mol. The van der Waals surface area contributed by atoms with Crippen LogP contribution in [0.2, 0.25) is 0 Å². The molecule has 1 aromatic carbocycles. The summed E-state index contributed by atoms with van der Waals surface area (Å²) in [5, 5.41) is 13.1. The minimum absolute atomic E-state index is 0.119. The van der Waals surface area contributed by atoms with Crippen molar-refractivity contribution >= 4 is 17.5 Å². The van der Waals surface area contributed by atoms with Crippen LogP contribution in [0.5, 0.6) is 0 Å². The van der Waals surface area contributed by atoms with Crippen molar-refractivity contribution in [2.75, 3.05) is 19.6 Å². The van der Waals surface area contributed by atoms with Crippen molar-refractivity contribution in [1.82, 2.24) is 10.2 Å². The maximum atomic E-state index is 13.8. The Balaban J connectivity index is 2.39. The Labute approximate surface area is 111 Å². The Morgan fingerprint density at radius 1 is 1.40 bits per heavy atom. The van der Waals surface area contributed by atoms with E-state index in [1.54, 1.807) is 0 Å². The summed E-state index contributed by atoms with van der Waals surface area (Å²) in [5.41, 5.74) is -1.87. The highest BCUT2D eigenvalue weighted by molar-refractivity contribution is 5.97. The summed E-state index contributed by atoms with van der Waals surface area (Å²) in [6.07, 6.45) is 0. The number of hydrogen-bond donors (Lipinski definition) is 1. The Hall–Kier alpha value is -2.58. The van der Waals surface area contributed by atoms with Gasteiger partial charge in [0.05, 0.1) is 23.1 Å². The maximum Gasteiger partial charge on any atom is 0.308 e. The quantitative estimate of drug-likeness (QED) is 0.630. The van der Waals surface area contributed by atoms with E-state index in [0.717, 1.165) is 4.90 Å². The molecule has 106 valence electrons. The predicted molar refractivity (Wildman–Crippen MR) is 61.9 cm³/mol. The van der Waals surface area contributed by atoms with Crippen molar-refractivity contribution in [3.8, 4) is 0 Å². The van der Waals surface area contributed by atoms with Gasteiger partial charge < -0.3 is 10.2 Å². The van der Waals surface area contributed by atoms with Gasteiger partial charge in [-0.2, -0.15) is 4.39 Å². The summed E-state index contributed by atoms with van der Waals surface area (Å²) in [6.45, 7) is 0.000506. The Morgan fingerprint density at radius 2 is 2.10 bits per heavy atom. The number of nitro benzene ring substituents is 1. The van der Waals surface area contributed by atoms with E-state index in [4.69, 9.17) is 0 Å². The number of rotatable bonds is 2. The first-order valence-corrected chi connectivity index (χ1v) is 5.59. The first-order valence-electron chi connectivity index (χ1n) is 5.59. The molecule has 1 N–H and O–H groups in total. The number of hydrogen-bond acceptors (Lipinski definition) is 4. The number of nitrogens with one attached hydrogen (secondary N) is 1. The molecule has 9 heteroatoms. The molecule has 0 bridgehead atoms. The molecule has 7 nitrogen and oxygen atoms in total. The average Bonchev–Trinajstić information content (AvgIpc) is 2.40. The average molecular weight is 285 g/mol. The van der Waals surface area contributed by atoms with Gasteiger partial charge >= 0.3 is 5.69 Å². The molecule has 0 radical (unpaired) electrons. The second-order valence-corrected chi connectivity index (χ2v) is 4.12. The molecule has 2 amide bonds. The molecule has 0 atom stereocenters. The molecule has 1 aromatic rings. The smallest absolute Gasteiger partial charge is 0.308 e. The van der Waals surface area contributed by atoms with Crippen LogP contribution in [0.25, 0.3) is 0 Å². The number of piperazine rings is 1. The lowest BCUT2D eigenvalue weighted by atomic mass is 10.1. The molecule has 1 heterocycles. The summed E-state index contributed by atoms with van der Waals surface area (Å²) < 4.78 is 27.1. The van der Waals surface area contributed by atoms with E-state index in [0.29, 0.717) is 12.1 Å². The predicted octanol–water partition coefficient (Wildman–Crippen LogP) is 0.445. The van der Waals surface area contributed by atoms with Gasteiger partial charge in [-0.05, 0) is 6.07 Å². The topological polar surface area (TPSA) is 92.5 Å². The van der Waals surface area contributed by atoms with Crippen molar-refractivity contribution in [2.45, 2.75) is 0 Å². The first-order chi connectivity index (χ1) is 9.40.